The van der Waals surface area contributed by atoms with Crippen molar-refractivity contribution in [1.82, 2.24) is 15.2 Å². The molecule has 0 fully saturated rings. The van der Waals surface area contributed by atoms with E-state index in [1.165, 1.54) is 0 Å². The molecule has 0 radical (unpaired) electrons. The summed E-state index contributed by atoms with van der Waals surface area (Å²) in [5, 5.41) is 6.44. The fraction of sp³-hybridized carbons (Fsp3) is 0.0714. The zero-order chi connectivity index (χ0) is 13.9. The highest BCUT2D eigenvalue weighted by molar-refractivity contribution is 9.10. The van der Waals surface area contributed by atoms with Gasteiger partial charge in [-0.15, -0.1) is 11.3 Å². The molecule has 6 heteroatoms. The highest BCUT2D eigenvalue weighted by Crippen LogP contribution is 2.32. The van der Waals surface area contributed by atoms with Crippen LogP contribution in [0.3, 0.4) is 0 Å². The van der Waals surface area contributed by atoms with Crippen LogP contribution in [0.1, 0.15) is 16.5 Å². The van der Waals surface area contributed by atoms with E-state index in [4.69, 9.17) is 5.84 Å². The molecule has 0 saturated heterocycles. The molecular formula is C14H13BrN4S. The highest BCUT2D eigenvalue weighted by atomic mass is 79.9. The summed E-state index contributed by atoms with van der Waals surface area (Å²) in [6.45, 7) is 0. The Balaban J connectivity index is 1.95. The lowest BCUT2D eigenvalue weighted by Gasteiger charge is -2.12. The largest absolute Gasteiger partial charge is 0.271 e. The van der Waals surface area contributed by atoms with Gasteiger partial charge in [0.05, 0.1) is 17.9 Å². The molecule has 0 saturated carbocycles. The second-order valence-corrected chi connectivity index (χ2v) is 6.09. The number of benzene rings is 1. The maximum atomic E-state index is 5.71. The van der Waals surface area contributed by atoms with Crippen molar-refractivity contribution < 1.29 is 0 Å². The number of rotatable bonds is 4. The van der Waals surface area contributed by atoms with E-state index in [9.17, 15) is 0 Å². The number of aromatic nitrogens is 2. The van der Waals surface area contributed by atoms with Gasteiger partial charge in [-0.25, -0.2) is 10.1 Å². The van der Waals surface area contributed by atoms with Crippen LogP contribution in [0.5, 0.6) is 0 Å². The molecule has 0 amide bonds. The zero-order valence-electron chi connectivity index (χ0n) is 10.5. The molecule has 3 N–H and O–H groups in total. The number of nitrogens with two attached hydrogens (primary N) is 1. The van der Waals surface area contributed by atoms with Crippen LogP contribution in [0.4, 0.5) is 0 Å². The second-order valence-electron chi connectivity index (χ2n) is 4.29. The molecule has 20 heavy (non-hydrogen) atoms. The summed E-state index contributed by atoms with van der Waals surface area (Å²) in [6.07, 6.45) is 3.83. The number of thiophene rings is 1. The van der Waals surface area contributed by atoms with Gasteiger partial charge < -0.3 is 0 Å². The Morgan fingerprint density at radius 1 is 1.25 bits per heavy atom. The van der Waals surface area contributed by atoms with Crippen LogP contribution in [0.15, 0.2) is 58.6 Å². The van der Waals surface area contributed by atoms with Gasteiger partial charge in [-0.2, -0.15) is 5.10 Å². The van der Waals surface area contributed by atoms with Crippen LogP contribution >= 0.6 is 27.3 Å². The first kappa shape index (κ1) is 13.5. The summed E-state index contributed by atoms with van der Waals surface area (Å²) >= 11 is 5.20. The quantitative estimate of drug-likeness (QED) is 0.562. The molecule has 0 aliphatic heterocycles. The van der Waals surface area contributed by atoms with Crippen molar-refractivity contribution in [3.05, 3.63) is 69.1 Å². The Hall–Kier alpha value is -1.47. The van der Waals surface area contributed by atoms with Gasteiger partial charge in [0.2, 0.25) is 0 Å². The summed E-state index contributed by atoms with van der Waals surface area (Å²) in [6, 6.07) is 12.0. The number of halogens is 1. The third kappa shape index (κ3) is 2.55. The van der Waals surface area contributed by atoms with E-state index >= 15 is 0 Å². The normalized spacial score (nSPS) is 12.5. The number of nitrogens with one attached hydrogen (secondary N) is 1. The van der Waals surface area contributed by atoms with Gasteiger partial charge >= 0.3 is 0 Å². The second kappa shape index (κ2) is 5.88. The number of hydrogen-bond acceptors (Lipinski definition) is 4. The highest BCUT2D eigenvalue weighted by Gasteiger charge is 2.18. The molecule has 4 nitrogen and oxygen atoms in total. The molecular weight excluding hydrogens is 336 g/mol. The number of hydrazine groups is 1. The number of nitrogens with zero attached hydrogens (tertiary/aromatic N) is 2. The predicted octanol–water partition coefficient (Wildman–Crippen LogP) is 3.25. The monoisotopic (exact) mass is 348 g/mol. The van der Waals surface area contributed by atoms with E-state index in [1.54, 1.807) is 11.3 Å². The fourth-order valence-electron chi connectivity index (χ4n) is 2.04. The van der Waals surface area contributed by atoms with Crippen molar-refractivity contribution in [2.45, 2.75) is 6.04 Å². The van der Waals surface area contributed by atoms with Crippen molar-refractivity contribution in [3.63, 3.8) is 0 Å². The van der Waals surface area contributed by atoms with Crippen LogP contribution in [0.25, 0.3) is 5.69 Å². The van der Waals surface area contributed by atoms with E-state index in [0.717, 1.165) is 20.6 Å². The Morgan fingerprint density at radius 2 is 2.05 bits per heavy atom. The molecule has 2 aromatic heterocycles. The van der Waals surface area contributed by atoms with Crippen molar-refractivity contribution in [2.75, 3.05) is 0 Å². The summed E-state index contributed by atoms with van der Waals surface area (Å²) in [5.74, 6) is 5.71. The molecule has 1 unspecified atom stereocenters. The van der Waals surface area contributed by atoms with Crippen LogP contribution in [0, 0.1) is 0 Å². The summed E-state index contributed by atoms with van der Waals surface area (Å²) in [4.78, 5) is 1.14. The molecule has 0 spiro atoms. The molecule has 0 aliphatic carbocycles. The lowest BCUT2D eigenvalue weighted by Crippen LogP contribution is -2.28. The first-order chi connectivity index (χ1) is 9.79. The first-order valence-electron chi connectivity index (χ1n) is 6.08. The predicted molar refractivity (Wildman–Crippen MR) is 84.7 cm³/mol. The van der Waals surface area contributed by atoms with Crippen LogP contribution in [-0.4, -0.2) is 9.78 Å². The van der Waals surface area contributed by atoms with Crippen molar-refractivity contribution >= 4 is 27.3 Å². The van der Waals surface area contributed by atoms with Gasteiger partial charge in [0.25, 0.3) is 0 Å². The van der Waals surface area contributed by atoms with Crippen molar-refractivity contribution in [1.29, 1.82) is 0 Å². The molecule has 2 heterocycles. The van der Waals surface area contributed by atoms with Crippen LogP contribution in [0.2, 0.25) is 0 Å². The van der Waals surface area contributed by atoms with Crippen molar-refractivity contribution in [3.8, 4) is 5.69 Å². The molecule has 3 aromatic rings. The zero-order valence-corrected chi connectivity index (χ0v) is 12.9. The molecule has 102 valence electrons. The smallest absolute Gasteiger partial charge is 0.0844 e. The minimum atomic E-state index is -0.0677. The topological polar surface area (TPSA) is 55.9 Å². The Morgan fingerprint density at radius 3 is 2.70 bits per heavy atom. The van der Waals surface area contributed by atoms with E-state index in [0.29, 0.717) is 0 Å². The van der Waals surface area contributed by atoms with E-state index < -0.39 is 0 Å². The van der Waals surface area contributed by atoms with E-state index in [1.807, 2.05) is 58.9 Å². The average molecular weight is 349 g/mol. The van der Waals surface area contributed by atoms with E-state index in [-0.39, 0.29) is 6.04 Å². The number of para-hydroxylation sites is 1. The van der Waals surface area contributed by atoms with Crippen LogP contribution < -0.4 is 11.3 Å². The van der Waals surface area contributed by atoms with E-state index in [2.05, 4.69) is 26.5 Å². The lowest BCUT2D eigenvalue weighted by molar-refractivity contribution is 0.644. The SMILES string of the molecule is NNC(c1cnn(-c2ccccc2)c1)c1sccc1Br. The maximum absolute atomic E-state index is 5.71. The Kier molecular flexibility index (Phi) is 3.98. The molecule has 1 atom stereocenters. The molecule has 1 aromatic carbocycles. The molecule has 0 aliphatic rings. The average Bonchev–Trinajstić information content (AvgIpc) is 3.12. The van der Waals surface area contributed by atoms with Gasteiger partial charge in [0.15, 0.2) is 0 Å². The lowest BCUT2D eigenvalue weighted by atomic mass is 10.1. The minimum absolute atomic E-state index is 0.0677. The fourth-order valence-corrected chi connectivity index (χ4v) is 3.73. The summed E-state index contributed by atoms with van der Waals surface area (Å²) in [7, 11) is 0. The minimum Gasteiger partial charge on any atom is -0.271 e. The summed E-state index contributed by atoms with van der Waals surface area (Å²) < 4.78 is 2.90. The third-order valence-electron chi connectivity index (χ3n) is 3.03. The standard InChI is InChI=1S/C14H13BrN4S/c15-12-6-7-20-14(12)13(18-16)10-8-17-19(9-10)11-4-2-1-3-5-11/h1-9,13,18H,16H2. The third-order valence-corrected chi connectivity index (χ3v) is 4.97. The van der Waals surface area contributed by atoms with Crippen LogP contribution in [-0.2, 0) is 0 Å². The van der Waals surface area contributed by atoms with Gasteiger partial charge in [0.1, 0.15) is 0 Å². The van der Waals surface area contributed by atoms with Gasteiger partial charge in [0, 0.05) is 21.1 Å². The maximum Gasteiger partial charge on any atom is 0.0844 e. The molecule has 3 rings (SSSR count). The Bertz CT molecular complexity index is 692. The number of hydrogen-bond donors (Lipinski definition) is 2. The van der Waals surface area contributed by atoms with Gasteiger partial charge in [-0.3, -0.25) is 5.84 Å². The molecule has 0 bridgehead atoms. The Labute approximate surface area is 129 Å². The van der Waals surface area contributed by atoms with Crippen molar-refractivity contribution in [2.24, 2.45) is 5.84 Å². The summed E-state index contributed by atoms with van der Waals surface area (Å²) in [5.41, 5.74) is 4.91. The van der Waals surface area contributed by atoms with Gasteiger partial charge in [-0.05, 0) is 39.5 Å². The first-order valence-corrected chi connectivity index (χ1v) is 7.76. The van der Waals surface area contributed by atoms with Gasteiger partial charge in [-0.1, -0.05) is 18.2 Å².